The molecule has 0 saturated carbocycles. The molecule has 0 aliphatic rings. The van der Waals surface area contributed by atoms with Crippen molar-refractivity contribution in [2.45, 2.75) is 27.2 Å². The minimum absolute atomic E-state index is 0.0679. The van der Waals surface area contributed by atoms with E-state index in [9.17, 15) is 4.79 Å². The van der Waals surface area contributed by atoms with Crippen LogP contribution in [-0.2, 0) is 0 Å². The third-order valence-electron chi connectivity index (χ3n) is 3.57. The van der Waals surface area contributed by atoms with E-state index < -0.39 is 0 Å². The van der Waals surface area contributed by atoms with Crippen LogP contribution in [0.25, 0.3) is 5.70 Å². The lowest BCUT2D eigenvalue weighted by Crippen LogP contribution is -2.23. The summed E-state index contributed by atoms with van der Waals surface area (Å²) in [6, 6.07) is 17.6. The molecule has 0 aliphatic carbocycles. The van der Waals surface area contributed by atoms with Crippen molar-refractivity contribution in [3.05, 3.63) is 76.9 Å². The van der Waals surface area contributed by atoms with E-state index in [0.717, 1.165) is 23.2 Å². The van der Waals surface area contributed by atoms with E-state index in [1.54, 1.807) is 0 Å². The molecule has 0 radical (unpaired) electrons. The van der Waals surface area contributed by atoms with Gasteiger partial charge in [-0.15, -0.1) is 0 Å². The van der Waals surface area contributed by atoms with Gasteiger partial charge in [-0.2, -0.15) is 0 Å². The van der Waals surface area contributed by atoms with Crippen LogP contribution < -0.4 is 5.32 Å². The first-order valence-corrected chi connectivity index (χ1v) is 7.25. The third kappa shape index (κ3) is 3.82. The average Bonchev–Trinajstić information content (AvgIpc) is 2.53. The van der Waals surface area contributed by atoms with Gasteiger partial charge in [-0.25, -0.2) is 0 Å². The van der Waals surface area contributed by atoms with Gasteiger partial charge in [0.1, 0.15) is 0 Å². The predicted octanol–water partition coefficient (Wildman–Crippen LogP) is 4.57. The lowest BCUT2D eigenvalue weighted by atomic mass is 10.0. The molecule has 2 aromatic rings. The van der Waals surface area contributed by atoms with Crippen LogP contribution >= 0.6 is 0 Å². The zero-order valence-electron chi connectivity index (χ0n) is 12.8. The van der Waals surface area contributed by atoms with Crippen LogP contribution in [0.15, 0.2) is 60.2 Å². The summed E-state index contributed by atoms with van der Waals surface area (Å²) in [6.45, 7) is 6.16. The highest BCUT2D eigenvalue weighted by atomic mass is 16.1. The van der Waals surface area contributed by atoms with E-state index in [2.05, 4.69) is 19.2 Å². The second-order valence-corrected chi connectivity index (χ2v) is 5.20. The van der Waals surface area contributed by atoms with Crippen LogP contribution in [0.2, 0.25) is 0 Å². The third-order valence-corrected chi connectivity index (χ3v) is 3.57. The van der Waals surface area contributed by atoms with E-state index in [0.29, 0.717) is 5.56 Å². The smallest absolute Gasteiger partial charge is 0.255 e. The standard InChI is InChI=1S/C19H21NO/c1-4-15(3)18(16-8-6-5-7-9-16)20-19(21)17-12-10-14(2)11-13-17/h5-13H,4H2,1-3H3,(H,20,21)/b18-15-. The number of hydrogen-bond donors (Lipinski definition) is 1. The molecule has 2 aromatic carbocycles. The number of aryl methyl sites for hydroxylation is 1. The molecule has 108 valence electrons. The fraction of sp³-hybridized carbons (Fsp3) is 0.211. The Bertz CT molecular complexity index is 639. The zero-order chi connectivity index (χ0) is 15.2. The van der Waals surface area contributed by atoms with Crippen molar-refractivity contribution < 1.29 is 4.79 Å². The maximum atomic E-state index is 12.4. The topological polar surface area (TPSA) is 29.1 Å². The van der Waals surface area contributed by atoms with Crippen LogP contribution in [0, 0.1) is 6.92 Å². The van der Waals surface area contributed by atoms with Crippen molar-refractivity contribution in [3.63, 3.8) is 0 Å². The monoisotopic (exact) mass is 279 g/mol. The van der Waals surface area contributed by atoms with Gasteiger partial charge in [-0.3, -0.25) is 4.79 Å². The second kappa shape index (κ2) is 6.89. The highest BCUT2D eigenvalue weighted by molar-refractivity contribution is 5.99. The Morgan fingerprint density at radius 3 is 2.14 bits per heavy atom. The van der Waals surface area contributed by atoms with Crippen LogP contribution in [0.5, 0.6) is 0 Å². The number of allylic oxidation sites excluding steroid dienone is 1. The maximum absolute atomic E-state index is 12.4. The Morgan fingerprint density at radius 1 is 0.952 bits per heavy atom. The largest absolute Gasteiger partial charge is 0.321 e. The van der Waals surface area contributed by atoms with Crippen LogP contribution in [0.4, 0.5) is 0 Å². The fourth-order valence-electron chi connectivity index (χ4n) is 2.10. The zero-order valence-corrected chi connectivity index (χ0v) is 12.8. The van der Waals surface area contributed by atoms with E-state index in [4.69, 9.17) is 0 Å². The number of carbonyl (C=O) groups is 1. The number of nitrogens with one attached hydrogen (secondary N) is 1. The maximum Gasteiger partial charge on any atom is 0.255 e. The van der Waals surface area contributed by atoms with E-state index in [-0.39, 0.29) is 5.91 Å². The van der Waals surface area contributed by atoms with Gasteiger partial charge in [0, 0.05) is 11.3 Å². The summed E-state index contributed by atoms with van der Waals surface area (Å²) in [5, 5.41) is 3.06. The Labute approximate surface area is 126 Å². The van der Waals surface area contributed by atoms with Crippen molar-refractivity contribution in [2.75, 3.05) is 0 Å². The highest BCUT2D eigenvalue weighted by Crippen LogP contribution is 2.18. The van der Waals surface area contributed by atoms with Gasteiger partial charge in [0.2, 0.25) is 0 Å². The summed E-state index contributed by atoms with van der Waals surface area (Å²) in [4.78, 5) is 12.4. The van der Waals surface area contributed by atoms with Gasteiger partial charge in [-0.05, 0) is 43.5 Å². The highest BCUT2D eigenvalue weighted by Gasteiger charge is 2.11. The minimum Gasteiger partial charge on any atom is -0.321 e. The van der Waals surface area contributed by atoms with E-state index in [1.165, 1.54) is 5.57 Å². The van der Waals surface area contributed by atoms with Gasteiger partial charge in [0.25, 0.3) is 5.91 Å². The first kappa shape index (κ1) is 15.0. The molecule has 0 unspecified atom stereocenters. The van der Waals surface area contributed by atoms with Crippen LogP contribution in [0.3, 0.4) is 0 Å². The SMILES string of the molecule is CC/C(C)=C(\NC(=O)c1ccc(C)cc1)c1ccccc1. The summed E-state index contributed by atoms with van der Waals surface area (Å²) >= 11 is 0. The molecular weight excluding hydrogens is 258 g/mol. The van der Waals surface area contributed by atoms with Gasteiger partial charge in [0.15, 0.2) is 0 Å². The Kier molecular flexibility index (Phi) is 4.94. The fourth-order valence-corrected chi connectivity index (χ4v) is 2.10. The van der Waals surface area contributed by atoms with Crippen LogP contribution in [0.1, 0.15) is 41.8 Å². The summed E-state index contributed by atoms with van der Waals surface area (Å²) in [5.74, 6) is -0.0679. The van der Waals surface area contributed by atoms with Crippen molar-refractivity contribution in [1.29, 1.82) is 0 Å². The quantitative estimate of drug-likeness (QED) is 0.873. The molecule has 2 heteroatoms. The number of hydrogen-bond acceptors (Lipinski definition) is 1. The first-order valence-electron chi connectivity index (χ1n) is 7.25. The van der Waals surface area contributed by atoms with E-state index >= 15 is 0 Å². The summed E-state index contributed by atoms with van der Waals surface area (Å²) < 4.78 is 0. The van der Waals surface area contributed by atoms with Gasteiger partial charge < -0.3 is 5.32 Å². The van der Waals surface area contributed by atoms with E-state index in [1.807, 2.05) is 61.5 Å². The van der Waals surface area contributed by atoms with Crippen molar-refractivity contribution in [2.24, 2.45) is 0 Å². The van der Waals surface area contributed by atoms with Crippen molar-refractivity contribution in [3.8, 4) is 0 Å². The second-order valence-electron chi connectivity index (χ2n) is 5.20. The summed E-state index contributed by atoms with van der Waals surface area (Å²) in [6.07, 6.45) is 0.901. The molecule has 0 aromatic heterocycles. The molecule has 0 aliphatic heterocycles. The van der Waals surface area contributed by atoms with Crippen molar-refractivity contribution in [1.82, 2.24) is 5.32 Å². The Morgan fingerprint density at radius 2 is 1.57 bits per heavy atom. The number of carbonyl (C=O) groups excluding carboxylic acids is 1. The molecule has 0 heterocycles. The summed E-state index contributed by atoms with van der Waals surface area (Å²) in [5.41, 5.74) is 4.94. The molecule has 2 nitrogen and oxygen atoms in total. The molecule has 0 fully saturated rings. The number of amides is 1. The molecule has 21 heavy (non-hydrogen) atoms. The molecule has 1 amide bonds. The number of benzene rings is 2. The molecule has 0 spiro atoms. The van der Waals surface area contributed by atoms with Gasteiger partial charge in [0.05, 0.1) is 0 Å². The predicted molar refractivity (Wildman–Crippen MR) is 88.0 cm³/mol. The average molecular weight is 279 g/mol. The van der Waals surface area contributed by atoms with Crippen molar-refractivity contribution >= 4 is 11.6 Å². The lowest BCUT2D eigenvalue weighted by Gasteiger charge is -2.14. The Balaban J connectivity index is 2.28. The van der Waals surface area contributed by atoms with Crippen LogP contribution in [-0.4, -0.2) is 5.91 Å². The number of rotatable bonds is 4. The normalized spacial score (nSPS) is 11.8. The molecule has 2 rings (SSSR count). The molecular formula is C19H21NO. The lowest BCUT2D eigenvalue weighted by molar-refractivity contribution is 0.0973. The summed E-state index contributed by atoms with van der Waals surface area (Å²) in [7, 11) is 0. The van der Waals surface area contributed by atoms with Gasteiger partial charge in [-0.1, -0.05) is 55.0 Å². The molecule has 1 N–H and O–H groups in total. The minimum atomic E-state index is -0.0679. The first-order chi connectivity index (χ1) is 10.1. The Hall–Kier alpha value is -2.35. The molecule has 0 atom stereocenters. The van der Waals surface area contributed by atoms with Gasteiger partial charge >= 0.3 is 0 Å². The molecule has 0 bridgehead atoms. The molecule has 0 saturated heterocycles.